The van der Waals surface area contributed by atoms with Crippen LogP contribution in [0.1, 0.15) is 26.3 Å². The summed E-state index contributed by atoms with van der Waals surface area (Å²) in [6, 6.07) is 7.67. The van der Waals surface area contributed by atoms with Gasteiger partial charge in [-0.2, -0.15) is 4.99 Å². The highest BCUT2D eigenvalue weighted by Gasteiger charge is 2.28. The lowest BCUT2D eigenvalue weighted by atomic mass is 10.2. The van der Waals surface area contributed by atoms with Gasteiger partial charge < -0.3 is 14.5 Å². The Hall–Kier alpha value is -2.28. The Morgan fingerprint density at radius 3 is 2.42 bits per heavy atom. The molecule has 26 heavy (non-hydrogen) atoms. The molecule has 2 amide bonds. The van der Waals surface area contributed by atoms with E-state index in [9.17, 15) is 9.59 Å². The van der Waals surface area contributed by atoms with Gasteiger partial charge in [0.2, 0.25) is 5.91 Å². The predicted octanol–water partition coefficient (Wildman–Crippen LogP) is 2.61. The van der Waals surface area contributed by atoms with Crippen LogP contribution in [0.25, 0.3) is 6.08 Å². The van der Waals surface area contributed by atoms with Gasteiger partial charge in [-0.05, 0) is 49.4 Å². The second-order valence-corrected chi connectivity index (χ2v) is 7.55. The minimum atomic E-state index is -0.207. The van der Waals surface area contributed by atoms with Crippen LogP contribution >= 0.6 is 11.8 Å². The van der Waals surface area contributed by atoms with Crippen LogP contribution in [-0.2, 0) is 9.59 Å². The first-order valence-electron chi connectivity index (χ1n) is 8.72. The number of amidine groups is 1. The Bertz CT molecular complexity index is 748. The Kier molecular flexibility index (Phi) is 5.66. The molecule has 0 spiro atoms. The molecule has 2 aliphatic rings. The first-order chi connectivity index (χ1) is 12.4. The maximum atomic E-state index is 12.2. The molecule has 6 nitrogen and oxygen atoms in total. The summed E-state index contributed by atoms with van der Waals surface area (Å²) in [5.41, 5.74) is 0.940. The van der Waals surface area contributed by atoms with E-state index in [0.29, 0.717) is 31.1 Å². The van der Waals surface area contributed by atoms with Crippen molar-refractivity contribution in [2.45, 2.75) is 26.9 Å². The molecule has 2 aliphatic heterocycles. The highest BCUT2D eigenvalue weighted by molar-refractivity contribution is 8.18. The van der Waals surface area contributed by atoms with Crippen molar-refractivity contribution >= 4 is 34.8 Å². The normalized spacial score (nSPS) is 19.3. The van der Waals surface area contributed by atoms with Crippen molar-refractivity contribution in [1.82, 2.24) is 9.80 Å². The zero-order valence-electron chi connectivity index (χ0n) is 15.3. The maximum Gasteiger partial charge on any atom is 0.286 e. The summed E-state index contributed by atoms with van der Waals surface area (Å²) in [5.74, 6) is 0.696. The van der Waals surface area contributed by atoms with Crippen molar-refractivity contribution in [3.8, 4) is 5.75 Å². The highest BCUT2D eigenvalue weighted by atomic mass is 32.2. The number of rotatable bonds is 3. The number of amides is 2. The Labute approximate surface area is 157 Å². The van der Waals surface area contributed by atoms with E-state index in [0.717, 1.165) is 16.5 Å². The maximum absolute atomic E-state index is 12.2. The SMILES string of the molecule is CC(=O)N1CCN(C2=NC(=O)/C(=C/c3ccc(OC(C)C)cc3)S2)CC1. The number of carbonyl (C=O) groups excluding carboxylic acids is 2. The van der Waals surface area contributed by atoms with Gasteiger partial charge in [-0.25, -0.2) is 0 Å². The molecule has 0 radical (unpaired) electrons. The van der Waals surface area contributed by atoms with Gasteiger partial charge in [0.05, 0.1) is 11.0 Å². The van der Waals surface area contributed by atoms with E-state index < -0.39 is 0 Å². The first-order valence-corrected chi connectivity index (χ1v) is 9.54. The summed E-state index contributed by atoms with van der Waals surface area (Å²) in [4.78, 5) is 32.3. The molecule has 3 rings (SSSR count). The average molecular weight is 373 g/mol. The van der Waals surface area contributed by atoms with Crippen LogP contribution in [0, 0.1) is 0 Å². The molecule has 7 heteroatoms. The van der Waals surface area contributed by atoms with Crippen molar-refractivity contribution in [1.29, 1.82) is 0 Å². The van der Waals surface area contributed by atoms with E-state index in [1.165, 1.54) is 11.8 Å². The van der Waals surface area contributed by atoms with Crippen LogP contribution in [-0.4, -0.2) is 59.1 Å². The largest absolute Gasteiger partial charge is 0.491 e. The monoisotopic (exact) mass is 373 g/mol. The molecule has 0 aromatic heterocycles. The Balaban J connectivity index is 1.62. The third-order valence-corrected chi connectivity index (χ3v) is 5.20. The summed E-state index contributed by atoms with van der Waals surface area (Å²) in [7, 11) is 0. The minimum Gasteiger partial charge on any atom is -0.491 e. The number of thioether (sulfide) groups is 1. The summed E-state index contributed by atoms with van der Waals surface area (Å²) < 4.78 is 5.63. The fourth-order valence-electron chi connectivity index (χ4n) is 2.81. The second-order valence-electron chi connectivity index (χ2n) is 6.54. The van der Waals surface area contributed by atoms with Crippen molar-refractivity contribution < 1.29 is 14.3 Å². The van der Waals surface area contributed by atoms with Gasteiger partial charge in [0.1, 0.15) is 5.75 Å². The number of piperazine rings is 1. The van der Waals surface area contributed by atoms with Gasteiger partial charge in [0.25, 0.3) is 5.91 Å². The molecule has 2 heterocycles. The molecule has 0 unspecified atom stereocenters. The molecule has 1 fully saturated rings. The van der Waals surface area contributed by atoms with Crippen molar-refractivity contribution in [2.75, 3.05) is 26.2 Å². The molecule has 0 saturated carbocycles. The molecule has 1 saturated heterocycles. The third-order valence-electron chi connectivity index (χ3n) is 4.15. The van der Waals surface area contributed by atoms with E-state index in [1.54, 1.807) is 6.92 Å². The first kappa shape index (κ1) is 18.5. The lowest BCUT2D eigenvalue weighted by molar-refractivity contribution is -0.130. The van der Waals surface area contributed by atoms with Crippen molar-refractivity contribution in [3.63, 3.8) is 0 Å². The Morgan fingerprint density at radius 2 is 1.85 bits per heavy atom. The van der Waals surface area contributed by atoms with Gasteiger partial charge in [0.15, 0.2) is 5.17 Å². The molecule has 138 valence electrons. The second kappa shape index (κ2) is 7.95. The van der Waals surface area contributed by atoms with Crippen molar-refractivity contribution in [3.05, 3.63) is 34.7 Å². The molecular weight excluding hydrogens is 350 g/mol. The number of aliphatic imine (C=N–C) groups is 1. The topological polar surface area (TPSA) is 62.2 Å². The number of nitrogens with zero attached hydrogens (tertiary/aromatic N) is 3. The molecule has 1 aromatic rings. The summed E-state index contributed by atoms with van der Waals surface area (Å²) in [5, 5.41) is 0.726. The van der Waals surface area contributed by atoms with Crippen LogP contribution in [0.4, 0.5) is 0 Å². The van der Waals surface area contributed by atoms with Gasteiger partial charge in [0, 0.05) is 33.1 Å². The predicted molar refractivity (Wildman–Crippen MR) is 104 cm³/mol. The van der Waals surface area contributed by atoms with E-state index >= 15 is 0 Å². The zero-order valence-corrected chi connectivity index (χ0v) is 16.1. The van der Waals surface area contributed by atoms with Crippen LogP contribution in [0.3, 0.4) is 0 Å². The van der Waals surface area contributed by atoms with Gasteiger partial charge in [-0.3, -0.25) is 9.59 Å². The molecule has 0 bridgehead atoms. The number of hydrogen-bond acceptors (Lipinski definition) is 5. The minimum absolute atomic E-state index is 0.0900. The standard InChI is InChI=1S/C19H23N3O3S/c1-13(2)25-16-6-4-15(5-7-16)12-17-18(24)20-19(26-17)22-10-8-21(9-11-22)14(3)23/h4-7,12-13H,8-11H2,1-3H3/b17-12-. The third kappa shape index (κ3) is 4.46. The number of hydrogen-bond donors (Lipinski definition) is 0. The lowest BCUT2D eigenvalue weighted by Crippen LogP contribution is -2.49. The van der Waals surface area contributed by atoms with Crippen LogP contribution < -0.4 is 4.74 Å². The molecular formula is C19H23N3O3S. The number of ether oxygens (including phenoxy) is 1. The molecule has 0 aliphatic carbocycles. The summed E-state index contributed by atoms with van der Waals surface area (Å²) in [6.45, 7) is 8.29. The van der Waals surface area contributed by atoms with Crippen LogP contribution in [0.2, 0.25) is 0 Å². The number of carbonyl (C=O) groups is 2. The number of benzene rings is 1. The summed E-state index contributed by atoms with van der Waals surface area (Å²) >= 11 is 1.40. The summed E-state index contributed by atoms with van der Waals surface area (Å²) in [6.07, 6.45) is 1.99. The van der Waals surface area contributed by atoms with Gasteiger partial charge in [-0.1, -0.05) is 12.1 Å². The van der Waals surface area contributed by atoms with E-state index in [2.05, 4.69) is 9.89 Å². The van der Waals surface area contributed by atoms with Gasteiger partial charge >= 0.3 is 0 Å². The fraction of sp³-hybridized carbons (Fsp3) is 0.421. The Morgan fingerprint density at radius 1 is 1.19 bits per heavy atom. The quantitative estimate of drug-likeness (QED) is 0.762. The van der Waals surface area contributed by atoms with Crippen molar-refractivity contribution in [2.24, 2.45) is 4.99 Å². The van der Waals surface area contributed by atoms with Crippen LogP contribution in [0.15, 0.2) is 34.2 Å². The van der Waals surface area contributed by atoms with E-state index in [1.807, 2.05) is 49.1 Å². The molecule has 1 aromatic carbocycles. The van der Waals surface area contributed by atoms with E-state index in [-0.39, 0.29) is 17.9 Å². The molecule has 0 atom stereocenters. The highest BCUT2D eigenvalue weighted by Crippen LogP contribution is 2.31. The van der Waals surface area contributed by atoms with Crippen LogP contribution in [0.5, 0.6) is 5.75 Å². The smallest absolute Gasteiger partial charge is 0.286 e. The fourth-order valence-corrected chi connectivity index (χ4v) is 3.78. The zero-order chi connectivity index (χ0) is 18.7. The average Bonchev–Trinajstić information content (AvgIpc) is 2.97. The molecule has 0 N–H and O–H groups in total. The van der Waals surface area contributed by atoms with E-state index in [4.69, 9.17) is 4.74 Å². The van der Waals surface area contributed by atoms with Gasteiger partial charge in [-0.15, -0.1) is 0 Å². The lowest BCUT2D eigenvalue weighted by Gasteiger charge is -2.34.